The molecule has 3 aromatic carbocycles. The molecule has 118 valence electrons. The van der Waals surface area contributed by atoms with Crippen molar-refractivity contribution in [1.29, 1.82) is 0 Å². The number of benzene rings is 3. The van der Waals surface area contributed by atoms with Gasteiger partial charge in [0, 0.05) is 5.69 Å². The maximum atomic E-state index is 13.2. The Kier molecular flexibility index (Phi) is 3.66. The highest BCUT2D eigenvalue weighted by Crippen LogP contribution is 2.42. The highest BCUT2D eigenvalue weighted by atomic mass is 16.2. The lowest BCUT2D eigenvalue weighted by Crippen LogP contribution is -2.28. The largest absolute Gasteiger partial charge is 0.307 e. The first-order chi connectivity index (χ1) is 11.7. The third-order valence-corrected chi connectivity index (χ3v) is 4.61. The van der Waals surface area contributed by atoms with Gasteiger partial charge in [0.15, 0.2) is 0 Å². The van der Waals surface area contributed by atoms with E-state index in [-0.39, 0.29) is 11.8 Å². The van der Waals surface area contributed by atoms with E-state index in [1.54, 1.807) is 0 Å². The minimum absolute atomic E-state index is 0.158. The molecule has 1 heterocycles. The van der Waals surface area contributed by atoms with Gasteiger partial charge in [-0.3, -0.25) is 4.79 Å². The van der Waals surface area contributed by atoms with Crippen molar-refractivity contribution in [3.05, 3.63) is 101 Å². The van der Waals surface area contributed by atoms with Gasteiger partial charge in [0.05, 0.1) is 12.5 Å². The van der Waals surface area contributed by atoms with Crippen LogP contribution in [0.2, 0.25) is 0 Å². The van der Waals surface area contributed by atoms with Crippen LogP contribution >= 0.6 is 0 Å². The molecule has 0 fully saturated rings. The second-order valence-corrected chi connectivity index (χ2v) is 6.32. The normalized spacial score (nSPS) is 16.3. The van der Waals surface area contributed by atoms with E-state index in [0.717, 1.165) is 22.4 Å². The van der Waals surface area contributed by atoms with Gasteiger partial charge in [-0.2, -0.15) is 0 Å². The number of aryl methyl sites for hydroxylation is 1. The predicted octanol–water partition coefficient (Wildman–Crippen LogP) is 4.67. The Balaban J connectivity index is 1.79. The van der Waals surface area contributed by atoms with E-state index in [1.165, 1.54) is 5.56 Å². The molecule has 0 aliphatic carbocycles. The number of carbonyl (C=O) groups is 1. The number of carbonyl (C=O) groups excluding carboxylic acids is 1. The van der Waals surface area contributed by atoms with Crippen molar-refractivity contribution in [2.45, 2.75) is 19.4 Å². The minimum atomic E-state index is -0.204. The summed E-state index contributed by atoms with van der Waals surface area (Å²) in [5.41, 5.74) is 5.53. The molecule has 0 saturated carbocycles. The summed E-state index contributed by atoms with van der Waals surface area (Å²) < 4.78 is 0. The summed E-state index contributed by atoms with van der Waals surface area (Å²) in [5.74, 6) is -0.0459. The number of amides is 1. The average Bonchev–Trinajstić information content (AvgIpc) is 2.88. The quantitative estimate of drug-likeness (QED) is 0.688. The second-order valence-electron chi connectivity index (χ2n) is 6.32. The molecular weight excluding hydrogens is 294 g/mol. The van der Waals surface area contributed by atoms with Crippen LogP contribution in [0.15, 0.2) is 78.9 Å². The van der Waals surface area contributed by atoms with E-state index in [4.69, 9.17) is 0 Å². The van der Waals surface area contributed by atoms with Crippen molar-refractivity contribution in [2.75, 3.05) is 4.90 Å². The van der Waals surface area contributed by atoms with Crippen LogP contribution in [0.3, 0.4) is 0 Å². The monoisotopic (exact) mass is 313 g/mol. The summed E-state index contributed by atoms with van der Waals surface area (Å²) in [7, 11) is 0. The van der Waals surface area contributed by atoms with Gasteiger partial charge in [-0.25, -0.2) is 0 Å². The number of rotatable bonds is 3. The molecule has 0 saturated heterocycles. The molecule has 0 radical (unpaired) electrons. The molecule has 2 heteroatoms. The van der Waals surface area contributed by atoms with Crippen molar-refractivity contribution in [2.24, 2.45) is 0 Å². The molecule has 1 unspecified atom stereocenters. The molecule has 1 atom stereocenters. The predicted molar refractivity (Wildman–Crippen MR) is 97.1 cm³/mol. The topological polar surface area (TPSA) is 20.3 Å². The summed E-state index contributed by atoms with van der Waals surface area (Å²) in [6, 6.07) is 26.5. The van der Waals surface area contributed by atoms with Crippen LogP contribution in [0.5, 0.6) is 0 Å². The fourth-order valence-corrected chi connectivity index (χ4v) is 3.46. The van der Waals surface area contributed by atoms with Gasteiger partial charge in [0.25, 0.3) is 0 Å². The molecule has 24 heavy (non-hydrogen) atoms. The van der Waals surface area contributed by atoms with Gasteiger partial charge in [-0.05, 0) is 29.7 Å². The number of anilines is 1. The van der Waals surface area contributed by atoms with Crippen LogP contribution < -0.4 is 4.90 Å². The fraction of sp³-hybridized carbons (Fsp3) is 0.136. The Morgan fingerprint density at radius 2 is 1.54 bits per heavy atom. The molecule has 1 aliphatic heterocycles. The van der Waals surface area contributed by atoms with E-state index >= 15 is 0 Å². The van der Waals surface area contributed by atoms with Crippen molar-refractivity contribution < 1.29 is 4.79 Å². The maximum Gasteiger partial charge on any atom is 0.239 e. The fourth-order valence-electron chi connectivity index (χ4n) is 3.46. The van der Waals surface area contributed by atoms with Gasteiger partial charge >= 0.3 is 0 Å². The Labute approximate surface area is 142 Å². The van der Waals surface area contributed by atoms with Crippen LogP contribution in [0, 0.1) is 6.92 Å². The first-order valence-electron chi connectivity index (χ1n) is 8.25. The van der Waals surface area contributed by atoms with Crippen molar-refractivity contribution in [3.8, 4) is 0 Å². The SMILES string of the molecule is Cc1ccc2c(c1)C(c1ccccc1)C(=O)N2Cc1ccccc1. The zero-order chi connectivity index (χ0) is 16.5. The second kappa shape index (κ2) is 5.97. The van der Waals surface area contributed by atoms with E-state index < -0.39 is 0 Å². The maximum absolute atomic E-state index is 13.2. The zero-order valence-electron chi connectivity index (χ0n) is 13.6. The summed E-state index contributed by atoms with van der Waals surface area (Å²) in [5, 5.41) is 0. The highest BCUT2D eigenvalue weighted by Gasteiger charge is 2.38. The first kappa shape index (κ1) is 14.7. The van der Waals surface area contributed by atoms with Crippen LogP contribution in [0.1, 0.15) is 28.2 Å². The Morgan fingerprint density at radius 3 is 2.25 bits per heavy atom. The minimum Gasteiger partial charge on any atom is -0.307 e. The van der Waals surface area contributed by atoms with Crippen molar-refractivity contribution in [1.82, 2.24) is 0 Å². The van der Waals surface area contributed by atoms with Crippen LogP contribution in [0.25, 0.3) is 0 Å². The van der Waals surface area contributed by atoms with Crippen LogP contribution in [-0.2, 0) is 11.3 Å². The summed E-state index contributed by atoms with van der Waals surface area (Å²) in [6.07, 6.45) is 0. The summed E-state index contributed by atoms with van der Waals surface area (Å²) >= 11 is 0. The molecule has 1 aliphatic rings. The smallest absolute Gasteiger partial charge is 0.239 e. The Bertz CT molecular complexity index is 871. The number of nitrogens with zero attached hydrogens (tertiary/aromatic N) is 1. The molecule has 3 aromatic rings. The first-order valence-corrected chi connectivity index (χ1v) is 8.25. The molecule has 0 N–H and O–H groups in total. The molecular formula is C22H19NO. The third kappa shape index (κ3) is 2.50. The van der Waals surface area contributed by atoms with Gasteiger partial charge < -0.3 is 4.90 Å². The molecule has 1 amide bonds. The summed E-state index contributed by atoms with van der Waals surface area (Å²) in [6.45, 7) is 2.69. The van der Waals surface area contributed by atoms with Crippen molar-refractivity contribution in [3.63, 3.8) is 0 Å². The van der Waals surface area contributed by atoms with Gasteiger partial charge in [-0.15, -0.1) is 0 Å². The molecule has 0 aromatic heterocycles. The number of hydrogen-bond acceptors (Lipinski definition) is 1. The van der Waals surface area contributed by atoms with Gasteiger partial charge in [0.1, 0.15) is 0 Å². The van der Waals surface area contributed by atoms with E-state index in [1.807, 2.05) is 53.4 Å². The van der Waals surface area contributed by atoms with Crippen LogP contribution in [0.4, 0.5) is 5.69 Å². The summed E-state index contributed by atoms with van der Waals surface area (Å²) in [4.78, 5) is 15.1. The number of hydrogen-bond donors (Lipinski definition) is 0. The molecule has 4 rings (SSSR count). The average molecular weight is 313 g/mol. The Hall–Kier alpha value is -2.87. The van der Waals surface area contributed by atoms with Gasteiger partial charge in [-0.1, -0.05) is 78.4 Å². The molecule has 0 spiro atoms. The van der Waals surface area contributed by atoms with E-state index in [2.05, 4.69) is 37.3 Å². The van der Waals surface area contributed by atoms with E-state index in [9.17, 15) is 4.79 Å². The number of fused-ring (bicyclic) bond motifs is 1. The molecule has 2 nitrogen and oxygen atoms in total. The highest BCUT2D eigenvalue weighted by molar-refractivity contribution is 6.07. The zero-order valence-corrected chi connectivity index (χ0v) is 13.6. The molecule has 0 bridgehead atoms. The standard InChI is InChI=1S/C22H19NO/c1-16-12-13-20-19(14-16)21(18-10-6-3-7-11-18)22(24)23(20)15-17-8-4-2-5-9-17/h2-14,21H,15H2,1H3. The Morgan fingerprint density at radius 1 is 0.875 bits per heavy atom. The lowest BCUT2D eigenvalue weighted by molar-refractivity contribution is -0.118. The van der Waals surface area contributed by atoms with E-state index in [0.29, 0.717) is 6.54 Å². The van der Waals surface area contributed by atoms with Crippen molar-refractivity contribution >= 4 is 11.6 Å². The lowest BCUT2D eigenvalue weighted by atomic mass is 9.92. The van der Waals surface area contributed by atoms with Gasteiger partial charge in [0.2, 0.25) is 5.91 Å². The van der Waals surface area contributed by atoms with Crippen LogP contribution in [-0.4, -0.2) is 5.91 Å². The third-order valence-electron chi connectivity index (χ3n) is 4.61. The lowest BCUT2D eigenvalue weighted by Gasteiger charge is -2.18.